The Balaban J connectivity index is 2.14. The number of hydrogen-bond donors (Lipinski definition) is 5. The van der Waals surface area contributed by atoms with E-state index in [4.69, 9.17) is 29.6 Å². The molecule has 1 heterocycles. The number of likely N-dealkylation sites (N-methyl/N-ethyl adjacent to an activating group) is 2. The number of hydrogen-bond acceptors (Lipinski definition) is 14. The number of methoxy groups -OCH3 is 2. The molecular weight excluding hydrogens is 841 g/mol. The van der Waals surface area contributed by atoms with Crippen LogP contribution in [0.4, 0.5) is 0 Å². The number of aliphatic hydroxyl groups excluding tert-OH is 1. The van der Waals surface area contributed by atoms with Gasteiger partial charge in [0.25, 0.3) is 0 Å². The second-order valence-electron chi connectivity index (χ2n) is 17.9. The zero-order valence-corrected chi connectivity index (χ0v) is 41.1. The van der Waals surface area contributed by atoms with Crippen LogP contribution in [0.25, 0.3) is 0 Å². The number of carboxylic acids is 1. The molecule has 3 unspecified atom stereocenters. The first-order chi connectivity index (χ1) is 30.9. The fourth-order valence-corrected chi connectivity index (χ4v) is 8.82. The number of aliphatic carboxylic acids is 1. The van der Waals surface area contributed by atoms with Gasteiger partial charge in [-0.25, -0.2) is 10.7 Å². The maximum absolute atomic E-state index is 14.6. The molecule has 1 saturated heterocycles. The number of carbonyl (C=O) groups excluding carboxylic acids is 3. The van der Waals surface area contributed by atoms with Gasteiger partial charge in [-0.2, -0.15) is 0 Å². The highest BCUT2D eigenvalue weighted by Gasteiger charge is 2.44. The summed E-state index contributed by atoms with van der Waals surface area (Å²) in [5, 5.41) is 27.7. The van der Waals surface area contributed by atoms with E-state index in [1.165, 1.54) is 7.11 Å². The molecule has 18 nitrogen and oxygen atoms in total. The predicted molar refractivity (Wildman–Crippen MR) is 247 cm³/mol. The highest BCUT2D eigenvalue weighted by molar-refractivity contribution is 5.90. The van der Waals surface area contributed by atoms with Gasteiger partial charge in [-0.15, -0.1) is 0 Å². The standard InChI is InChI=1S/C47H84N6O12/c1-12-33(6)42(52(9)46(57)40(31(2)3)50-45(56)41(32(4)5)51(8)21-22-62-23-24-63-25-26-64-27-28-65-48)38(60-10)30-39(54)53-20-16-19-37(53)43(61-11)34(7)44(55)49-36(47(58)59)29-35-17-14-13-15-18-35/h13-15,17-18,31-34,36-43,54H,12,16,19-30,48H2,1-11H3,(H,49,55)(H,50,56)(H,58,59)/t33-,34?,36-,37-,38?,39?,40-,41-,42-,43+/m0/s1. The maximum Gasteiger partial charge on any atom is 0.326 e. The number of amides is 3. The maximum atomic E-state index is 14.6. The van der Waals surface area contributed by atoms with Crippen LogP contribution in [0.1, 0.15) is 79.7 Å². The molecule has 3 amide bonds. The Morgan fingerprint density at radius 2 is 1.45 bits per heavy atom. The first-order valence-electron chi connectivity index (χ1n) is 23.3. The molecule has 1 aromatic carbocycles. The van der Waals surface area contributed by atoms with Crippen LogP contribution in [0.5, 0.6) is 0 Å². The van der Waals surface area contributed by atoms with E-state index >= 15 is 0 Å². The van der Waals surface area contributed by atoms with Crippen molar-refractivity contribution < 1.29 is 57.9 Å². The second kappa shape index (κ2) is 30.9. The molecule has 1 fully saturated rings. The molecule has 1 aliphatic heterocycles. The zero-order chi connectivity index (χ0) is 48.6. The number of nitrogens with two attached hydrogens (primary N) is 1. The lowest BCUT2D eigenvalue weighted by Crippen LogP contribution is -2.60. The predicted octanol–water partition coefficient (Wildman–Crippen LogP) is 2.55. The minimum atomic E-state index is -1.13. The number of carboxylic acid groups (broad SMARTS) is 1. The largest absolute Gasteiger partial charge is 0.480 e. The summed E-state index contributed by atoms with van der Waals surface area (Å²) in [6, 6.07) is 5.83. The van der Waals surface area contributed by atoms with Gasteiger partial charge in [0, 0.05) is 53.2 Å². The van der Waals surface area contributed by atoms with Crippen molar-refractivity contribution in [2.75, 3.05) is 87.7 Å². The minimum Gasteiger partial charge on any atom is -0.480 e. The smallest absolute Gasteiger partial charge is 0.326 e. The fourth-order valence-electron chi connectivity index (χ4n) is 8.82. The van der Waals surface area contributed by atoms with Gasteiger partial charge < -0.3 is 54.3 Å². The molecule has 6 N–H and O–H groups in total. The third-order valence-corrected chi connectivity index (χ3v) is 12.6. The Hall–Kier alpha value is -3.30. The van der Waals surface area contributed by atoms with Gasteiger partial charge in [-0.05, 0) is 43.2 Å². The summed E-state index contributed by atoms with van der Waals surface area (Å²) in [4.78, 5) is 64.4. The second-order valence-corrected chi connectivity index (χ2v) is 17.9. The van der Waals surface area contributed by atoms with Crippen LogP contribution in [-0.2, 0) is 54.1 Å². The molecule has 18 heteroatoms. The highest BCUT2D eigenvalue weighted by Crippen LogP contribution is 2.31. The average Bonchev–Trinajstić information content (AvgIpc) is 3.76. The zero-order valence-electron chi connectivity index (χ0n) is 41.1. The van der Waals surface area contributed by atoms with Crippen molar-refractivity contribution in [1.82, 2.24) is 25.3 Å². The molecule has 0 bridgehead atoms. The molecule has 0 radical (unpaired) electrons. The van der Waals surface area contributed by atoms with E-state index in [0.717, 1.165) is 18.4 Å². The van der Waals surface area contributed by atoms with Crippen molar-refractivity contribution in [2.24, 2.45) is 29.6 Å². The number of likely N-dealkylation sites (tertiary alicyclic amines) is 1. The molecule has 0 aromatic heterocycles. The lowest BCUT2D eigenvalue weighted by atomic mass is 9.89. The van der Waals surface area contributed by atoms with Crippen molar-refractivity contribution >= 4 is 23.7 Å². The van der Waals surface area contributed by atoms with Gasteiger partial charge in [0.2, 0.25) is 17.7 Å². The van der Waals surface area contributed by atoms with Gasteiger partial charge in [0.15, 0.2) is 0 Å². The van der Waals surface area contributed by atoms with E-state index in [1.54, 1.807) is 26.0 Å². The van der Waals surface area contributed by atoms with Crippen molar-refractivity contribution in [2.45, 2.75) is 129 Å². The van der Waals surface area contributed by atoms with Crippen LogP contribution in [0.3, 0.4) is 0 Å². The molecule has 374 valence electrons. The van der Waals surface area contributed by atoms with Crippen LogP contribution < -0.4 is 16.5 Å². The number of benzene rings is 1. The number of ether oxygens (including phenoxy) is 5. The Labute approximate surface area is 388 Å². The molecule has 0 saturated carbocycles. The summed E-state index contributed by atoms with van der Waals surface area (Å²) < 4.78 is 28.7. The van der Waals surface area contributed by atoms with E-state index in [9.17, 15) is 29.4 Å². The number of aliphatic hydroxyl groups is 1. The fraction of sp³-hybridized carbons (Fsp3) is 0.787. The normalized spacial score (nSPS) is 18.7. The van der Waals surface area contributed by atoms with Gasteiger partial charge in [0.1, 0.15) is 18.3 Å². The Morgan fingerprint density at radius 1 is 0.846 bits per heavy atom. The lowest BCUT2D eigenvalue weighted by molar-refractivity contribution is -0.147. The molecule has 0 spiro atoms. The Kier molecular flexibility index (Phi) is 27.5. The topological polar surface area (TPSA) is 224 Å². The summed E-state index contributed by atoms with van der Waals surface area (Å²) in [5.74, 6) is 1.80. The summed E-state index contributed by atoms with van der Waals surface area (Å²) >= 11 is 0. The molecule has 1 aliphatic rings. The Morgan fingerprint density at radius 3 is 1.97 bits per heavy atom. The third kappa shape index (κ3) is 18.7. The van der Waals surface area contributed by atoms with E-state index in [1.807, 2.05) is 88.7 Å². The summed E-state index contributed by atoms with van der Waals surface area (Å²) in [5.41, 5.74) is 0.787. The summed E-state index contributed by atoms with van der Waals surface area (Å²) in [7, 11) is 6.70. The van der Waals surface area contributed by atoms with E-state index in [0.29, 0.717) is 65.8 Å². The highest BCUT2D eigenvalue weighted by atomic mass is 16.6. The monoisotopic (exact) mass is 925 g/mol. The number of rotatable bonds is 34. The number of nitrogens with one attached hydrogen (secondary N) is 2. The van der Waals surface area contributed by atoms with Gasteiger partial charge in [-0.3, -0.25) is 24.2 Å². The van der Waals surface area contributed by atoms with Gasteiger partial charge in [-0.1, -0.05) is 85.2 Å². The van der Waals surface area contributed by atoms with Crippen molar-refractivity contribution in [3.8, 4) is 0 Å². The first kappa shape index (κ1) is 57.8. The molecule has 1 aromatic rings. The van der Waals surface area contributed by atoms with Gasteiger partial charge >= 0.3 is 5.97 Å². The van der Waals surface area contributed by atoms with Crippen LogP contribution >= 0.6 is 0 Å². The number of nitrogens with zero attached hydrogens (tertiary/aromatic N) is 3. The van der Waals surface area contributed by atoms with E-state index in [2.05, 4.69) is 15.5 Å². The Bertz CT molecular complexity index is 1510. The molecule has 2 rings (SSSR count). The molecule has 0 aliphatic carbocycles. The first-order valence-corrected chi connectivity index (χ1v) is 23.3. The van der Waals surface area contributed by atoms with E-state index < -0.39 is 60.4 Å². The van der Waals surface area contributed by atoms with Crippen LogP contribution in [0, 0.1) is 23.7 Å². The third-order valence-electron chi connectivity index (χ3n) is 12.6. The molecule has 65 heavy (non-hydrogen) atoms. The lowest BCUT2D eigenvalue weighted by Gasteiger charge is -2.42. The molecular formula is C47H84N6O12. The van der Waals surface area contributed by atoms with Gasteiger partial charge in [0.05, 0.1) is 76.5 Å². The van der Waals surface area contributed by atoms with Crippen molar-refractivity contribution in [3.63, 3.8) is 0 Å². The van der Waals surface area contributed by atoms with Crippen molar-refractivity contribution in [1.29, 1.82) is 0 Å². The van der Waals surface area contributed by atoms with Crippen LogP contribution in [0.15, 0.2) is 30.3 Å². The van der Waals surface area contributed by atoms with Crippen LogP contribution in [0.2, 0.25) is 0 Å². The van der Waals surface area contributed by atoms with E-state index in [-0.39, 0.29) is 48.5 Å². The SMILES string of the molecule is CC[C@H](C)[C@@H](C(CC(O)N1CCC[C@H]1[C@H](OC)C(C)C(=O)N[C@@H](Cc1ccccc1)C(=O)O)OC)N(C)C(=O)[C@@H](NC(=O)[C@H](C(C)C)N(C)CCOCCOCCOCCON)C(C)C. The summed E-state index contributed by atoms with van der Waals surface area (Å²) in [6.45, 7) is 17.3. The minimum absolute atomic E-state index is 0.0442. The average molecular weight is 925 g/mol. The summed E-state index contributed by atoms with van der Waals surface area (Å²) in [6.07, 6.45) is 0.149. The number of carbonyl (C=O) groups is 4. The van der Waals surface area contributed by atoms with Crippen molar-refractivity contribution in [3.05, 3.63) is 35.9 Å². The van der Waals surface area contributed by atoms with Crippen LogP contribution in [-0.4, -0.2) is 185 Å². The quantitative estimate of drug-likeness (QED) is 0.0495. The molecule has 10 atom stereocenters.